The lowest BCUT2D eigenvalue weighted by Crippen LogP contribution is -2.34. The van der Waals surface area contributed by atoms with Gasteiger partial charge >= 0.3 is 0 Å². The van der Waals surface area contributed by atoms with Gasteiger partial charge in [-0.15, -0.1) is 0 Å². The second-order valence-electron chi connectivity index (χ2n) is 5.79. The number of nitrogens with one attached hydrogen (secondary N) is 1. The van der Waals surface area contributed by atoms with Crippen molar-refractivity contribution >= 4 is 35.0 Å². The Morgan fingerprint density at radius 2 is 1.65 bits per heavy atom. The summed E-state index contributed by atoms with van der Waals surface area (Å²) in [4.78, 5) is 37.8. The normalized spacial score (nSPS) is 23.1. The summed E-state index contributed by atoms with van der Waals surface area (Å²) < 4.78 is 0. The first-order chi connectivity index (χ1) is 11.1. The van der Waals surface area contributed by atoms with Crippen molar-refractivity contribution in [3.63, 3.8) is 0 Å². The van der Waals surface area contributed by atoms with Gasteiger partial charge in [0.05, 0.1) is 11.8 Å². The summed E-state index contributed by atoms with van der Waals surface area (Å²) in [5.74, 6) is -1.02. The van der Waals surface area contributed by atoms with Crippen molar-refractivity contribution in [1.29, 1.82) is 0 Å². The topological polar surface area (TPSA) is 66.5 Å². The van der Waals surface area contributed by atoms with Gasteiger partial charge in [-0.3, -0.25) is 19.3 Å². The summed E-state index contributed by atoms with van der Waals surface area (Å²) in [5, 5.41) is 3.32. The average Bonchev–Trinajstić information content (AvgIpc) is 2.80. The van der Waals surface area contributed by atoms with Crippen molar-refractivity contribution < 1.29 is 14.4 Å². The molecule has 23 heavy (non-hydrogen) atoms. The zero-order chi connectivity index (χ0) is 16.4. The molecule has 0 bridgehead atoms. The van der Waals surface area contributed by atoms with Gasteiger partial charge in [-0.25, -0.2) is 0 Å². The third-order valence-corrected chi connectivity index (χ3v) is 4.54. The van der Waals surface area contributed by atoms with Gasteiger partial charge in [-0.2, -0.15) is 0 Å². The maximum Gasteiger partial charge on any atom is 0.233 e. The lowest BCUT2D eigenvalue weighted by molar-refractivity contribution is -0.140. The third kappa shape index (κ3) is 3.29. The van der Waals surface area contributed by atoms with E-state index >= 15 is 0 Å². The van der Waals surface area contributed by atoms with Gasteiger partial charge in [0.25, 0.3) is 0 Å². The Morgan fingerprint density at radius 3 is 2.22 bits per heavy atom. The number of hydrogen-bond acceptors (Lipinski definition) is 3. The molecule has 1 aliphatic heterocycles. The van der Waals surface area contributed by atoms with Gasteiger partial charge < -0.3 is 5.32 Å². The number of fused-ring (bicyclic) bond motifs is 1. The number of carbonyl (C=O) groups excluding carboxylic acids is 3. The fourth-order valence-electron chi connectivity index (χ4n) is 3.06. The van der Waals surface area contributed by atoms with Crippen LogP contribution in [0.2, 0.25) is 5.02 Å². The third-order valence-electron chi connectivity index (χ3n) is 4.29. The molecule has 0 aromatic heterocycles. The van der Waals surface area contributed by atoms with Crippen LogP contribution in [-0.4, -0.2) is 29.2 Å². The number of carbonyl (C=O) groups is 3. The molecule has 120 valence electrons. The van der Waals surface area contributed by atoms with E-state index in [1.165, 1.54) is 4.90 Å². The Bertz CT molecular complexity index is 643. The highest BCUT2D eigenvalue weighted by atomic mass is 35.5. The Morgan fingerprint density at radius 1 is 1.09 bits per heavy atom. The van der Waals surface area contributed by atoms with E-state index < -0.39 is 0 Å². The van der Waals surface area contributed by atoms with Crippen LogP contribution >= 0.6 is 11.6 Å². The molecule has 1 heterocycles. The van der Waals surface area contributed by atoms with E-state index in [0.29, 0.717) is 23.6 Å². The van der Waals surface area contributed by atoms with Crippen molar-refractivity contribution in [2.24, 2.45) is 11.8 Å². The lowest BCUT2D eigenvalue weighted by atomic mass is 9.85. The molecule has 0 radical (unpaired) electrons. The molecule has 2 atom stereocenters. The first-order valence-corrected chi connectivity index (χ1v) is 7.99. The molecule has 2 aliphatic rings. The highest BCUT2D eigenvalue weighted by Gasteiger charge is 2.46. The minimum absolute atomic E-state index is 0.0903. The van der Waals surface area contributed by atoms with Crippen LogP contribution in [0, 0.1) is 11.8 Å². The van der Waals surface area contributed by atoms with E-state index in [-0.39, 0.29) is 42.5 Å². The van der Waals surface area contributed by atoms with E-state index in [0.717, 1.165) is 0 Å². The van der Waals surface area contributed by atoms with E-state index in [2.05, 4.69) is 5.32 Å². The molecule has 0 saturated carbocycles. The van der Waals surface area contributed by atoms with Gasteiger partial charge in [0, 0.05) is 23.7 Å². The van der Waals surface area contributed by atoms with Crippen molar-refractivity contribution in [2.45, 2.75) is 19.3 Å². The maximum atomic E-state index is 12.3. The van der Waals surface area contributed by atoms with Crippen LogP contribution in [0.1, 0.15) is 19.3 Å². The smallest absolute Gasteiger partial charge is 0.233 e. The van der Waals surface area contributed by atoms with Gasteiger partial charge in [-0.1, -0.05) is 23.8 Å². The highest BCUT2D eigenvalue weighted by molar-refractivity contribution is 6.30. The molecule has 3 amide bonds. The monoisotopic (exact) mass is 332 g/mol. The Labute approximate surface area is 139 Å². The number of nitrogens with zero attached hydrogens (tertiary/aromatic N) is 1. The number of anilines is 1. The first kappa shape index (κ1) is 15.7. The van der Waals surface area contributed by atoms with Crippen LogP contribution in [0.15, 0.2) is 36.4 Å². The fraction of sp³-hybridized carbons (Fsp3) is 0.353. The molecule has 1 aromatic carbocycles. The molecule has 3 rings (SSSR count). The first-order valence-electron chi connectivity index (χ1n) is 7.62. The number of halogens is 1. The molecule has 0 unspecified atom stereocenters. The average molecular weight is 333 g/mol. The molecule has 1 saturated heterocycles. The molecular formula is C17H17ClN2O3. The van der Waals surface area contributed by atoms with Crippen LogP contribution in [-0.2, 0) is 14.4 Å². The van der Waals surface area contributed by atoms with Crippen LogP contribution in [0.4, 0.5) is 5.69 Å². The summed E-state index contributed by atoms with van der Waals surface area (Å²) in [6.45, 7) is 0.129. The molecule has 1 fully saturated rings. The summed E-state index contributed by atoms with van der Waals surface area (Å²) in [5.41, 5.74) is 0.636. The maximum absolute atomic E-state index is 12.3. The zero-order valence-corrected chi connectivity index (χ0v) is 13.3. The second-order valence-corrected chi connectivity index (χ2v) is 6.23. The van der Waals surface area contributed by atoms with Crippen LogP contribution in [0.25, 0.3) is 0 Å². The van der Waals surface area contributed by atoms with Gasteiger partial charge in [0.1, 0.15) is 0 Å². The number of amides is 3. The number of allylic oxidation sites excluding steroid dienone is 2. The summed E-state index contributed by atoms with van der Waals surface area (Å²) in [6, 6.07) is 6.77. The predicted molar refractivity (Wildman–Crippen MR) is 86.8 cm³/mol. The number of likely N-dealkylation sites (tertiary alicyclic amines) is 1. The summed E-state index contributed by atoms with van der Waals surface area (Å²) in [7, 11) is 0. The number of rotatable bonds is 4. The highest BCUT2D eigenvalue weighted by Crippen LogP contribution is 2.35. The van der Waals surface area contributed by atoms with E-state index in [4.69, 9.17) is 11.6 Å². The Balaban J connectivity index is 1.56. The zero-order valence-electron chi connectivity index (χ0n) is 12.5. The Kier molecular flexibility index (Phi) is 4.48. The van der Waals surface area contributed by atoms with E-state index in [1.54, 1.807) is 24.3 Å². The van der Waals surface area contributed by atoms with Crippen molar-refractivity contribution in [3.8, 4) is 0 Å². The van der Waals surface area contributed by atoms with Crippen LogP contribution in [0.3, 0.4) is 0 Å². The molecule has 1 aliphatic carbocycles. The summed E-state index contributed by atoms with van der Waals surface area (Å²) in [6.07, 6.45) is 5.21. The standard InChI is InChI=1S/C17H17ClN2O3/c18-11-5-7-12(8-6-11)19-15(21)9-10-20-16(22)13-3-1-2-4-14(13)17(20)23/h1-2,5-8,13-14H,3-4,9-10H2,(H,19,21)/t13-,14-/m1/s1. The number of hydrogen-bond donors (Lipinski definition) is 1. The number of imide groups is 1. The van der Waals surface area contributed by atoms with Crippen molar-refractivity contribution in [2.75, 3.05) is 11.9 Å². The molecular weight excluding hydrogens is 316 g/mol. The van der Waals surface area contributed by atoms with Crippen LogP contribution < -0.4 is 5.32 Å². The molecule has 6 heteroatoms. The molecule has 1 aromatic rings. The van der Waals surface area contributed by atoms with Crippen molar-refractivity contribution in [1.82, 2.24) is 4.90 Å². The van der Waals surface area contributed by atoms with Gasteiger partial charge in [-0.05, 0) is 37.1 Å². The predicted octanol–water partition coefficient (Wildman–Crippen LogP) is 2.62. The fourth-order valence-corrected chi connectivity index (χ4v) is 3.19. The Hall–Kier alpha value is -2.14. The molecule has 1 N–H and O–H groups in total. The molecule has 5 nitrogen and oxygen atoms in total. The van der Waals surface area contributed by atoms with Crippen molar-refractivity contribution in [3.05, 3.63) is 41.4 Å². The van der Waals surface area contributed by atoms with Crippen LogP contribution in [0.5, 0.6) is 0 Å². The number of benzene rings is 1. The minimum Gasteiger partial charge on any atom is -0.326 e. The quantitative estimate of drug-likeness (QED) is 0.681. The summed E-state index contributed by atoms with van der Waals surface area (Å²) >= 11 is 5.79. The minimum atomic E-state index is -0.244. The largest absolute Gasteiger partial charge is 0.326 e. The second kappa shape index (κ2) is 6.54. The van der Waals surface area contributed by atoms with Gasteiger partial charge in [0.2, 0.25) is 17.7 Å². The molecule has 0 spiro atoms. The van der Waals surface area contributed by atoms with E-state index in [1.807, 2.05) is 12.2 Å². The lowest BCUT2D eigenvalue weighted by Gasteiger charge is -2.14. The van der Waals surface area contributed by atoms with Gasteiger partial charge in [0.15, 0.2) is 0 Å². The van der Waals surface area contributed by atoms with E-state index in [9.17, 15) is 14.4 Å². The SMILES string of the molecule is O=C(CCN1C(=O)[C@@H]2CC=CC[C@H]2C1=O)Nc1ccc(Cl)cc1.